The van der Waals surface area contributed by atoms with E-state index in [1.165, 1.54) is 0 Å². The Balaban J connectivity index is 1.95. The van der Waals surface area contributed by atoms with Gasteiger partial charge in [-0.3, -0.25) is 9.59 Å². The van der Waals surface area contributed by atoms with E-state index in [2.05, 4.69) is 0 Å². The van der Waals surface area contributed by atoms with Gasteiger partial charge in [-0.05, 0) is 48.2 Å². The quantitative estimate of drug-likeness (QED) is 0.937. The fourth-order valence-corrected chi connectivity index (χ4v) is 3.32. The third kappa shape index (κ3) is 3.22. The van der Waals surface area contributed by atoms with Crippen molar-refractivity contribution >= 4 is 23.4 Å². The monoisotopic (exact) mass is 328 g/mol. The molecule has 0 fully saturated rings. The Morgan fingerprint density at radius 1 is 1.17 bits per heavy atom. The van der Waals surface area contributed by atoms with E-state index in [1.807, 2.05) is 24.3 Å². The van der Waals surface area contributed by atoms with Crippen molar-refractivity contribution in [3.05, 3.63) is 70.2 Å². The number of amides is 2. The zero-order valence-electron chi connectivity index (χ0n) is 12.5. The molecule has 0 spiro atoms. The molecule has 0 bridgehead atoms. The summed E-state index contributed by atoms with van der Waals surface area (Å²) in [6.07, 6.45) is 1.60. The van der Waals surface area contributed by atoms with Crippen LogP contribution < -0.4 is 5.73 Å². The van der Waals surface area contributed by atoms with Crippen molar-refractivity contribution in [2.45, 2.75) is 18.9 Å². The number of hydrogen-bond acceptors (Lipinski definition) is 2. The number of primary amides is 1. The second-order valence-corrected chi connectivity index (χ2v) is 6.10. The average molecular weight is 329 g/mol. The molecule has 4 nitrogen and oxygen atoms in total. The van der Waals surface area contributed by atoms with Gasteiger partial charge in [-0.1, -0.05) is 35.9 Å². The zero-order chi connectivity index (χ0) is 16.4. The molecule has 0 aromatic heterocycles. The van der Waals surface area contributed by atoms with Crippen LogP contribution in [0.5, 0.6) is 0 Å². The maximum atomic E-state index is 12.8. The molecule has 2 N–H and O–H groups in total. The van der Waals surface area contributed by atoms with Gasteiger partial charge in [-0.15, -0.1) is 0 Å². The standard InChI is InChI=1S/C18H17ClN2O2/c19-14-7-8-15-13(10-14)6-9-16(15)21(11-17(20)22)18(23)12-4-2-1-3-5-12/h1-5,7-8,10,16H,6,9,11H2,(H2,20,22). The van der Waals surface area contributed by atoms with Gasteiger partial charge < -0.3 is 10.6 Å². The van der Waals surface area contributed by atoms with E-state index < -0.39 is 5.91 Å². The predicted molar refractivity (Wildman–Crippen MR) is 89.2 cm³/mol. The van der Waals surface area contributed by atoms with E-state index in [0.29, 0.717) is 10.6 Å². The molecule has 0 heterocycles. The molecule has 1 aliphatic carbocycles. The molecular formula is C18H17ClN2O2. The Bertz CT molecular complexity index is 746. The first kappa shape index (κ1) is 15.6. The largest absolute Gasteiger partial charge is 0.368 e. The molecule has 2 aromatic rings. The second kappa shape index (κ2) is 6.42. The van der Waals surface area contributed by atoms with Crippen molar-refractivity contribution in [1.82, 2.24) is 4.90 Å². The molecule has 1 aliphatic rings. The van der Waals surface area contributed by atoms with E-state index in [9.17, 15) is 9.59 Å². The Hall–Kier alpha value is -2.33. The van der Waals surface area contributed by atoms with Crippen LogP contribution in [0.4, 0.5) is 0 Å². The molecule has 118 valence electrons. The highest BCUT2D eigenvalue weighted by Crippen LogP contribution is 2.37. The van der Waals surface area contributed by atoms with E-state index in [0.717, 1.165) is 24.0 Å². The number of nitrogens with two attached hydrogens (primary N) is 1. The summed E-state index contributed by atoms with van der Waals surface area (Å²) in [6.45, 7) is -0.0968. The maximum absolute atomic E-state index is 12.8. The molecule has 0 aliphatic heterocycles. The van der Waals surface area contributed by atoms with E-state index in [1.54, 1.807) is 29.2 Å². The number of halogens is 1. The molecule has 23 heavy (non-hydrogen) atoms. The molecule has 0 saturated heterocycles. The van der Waals surface area contributed by atoms with Crippen LogP contribution in [0.3, 0.4) is 0 Å². The van der Waals surface area contributed by atoms with Gasteiger partial charge in [-0.25, -0.2) is 0 Å². The minimum Gasteiger partial charge on any atom is -0.368 e. The van der Waals surface area contributed by atoms with Crippen LogP contribution in [-0.4, -0.2) is 23.3 Å². The van der Waals surface area contributed by atoms with Crippen LogP contribution in [-0.2, 0) is 11.2 Å². The Kier molecular flexibility index (Phi) is 4.35. The van der Waals surface area contributed by atoms with E-state index in [4.69, 9.17) is 17.3 Å². The van der Waals surface area contributed by atoms with Gasteiger partial charge >= 0.3 is 0 Å². The molecule has 5 heteroatoms. The summed E-state index contributed by atoms with van der Waals surface area (Å²) in [5.41, 5.74) is 8.08. The van der Waals surface area contributed by atoms with Gasteiger partial charge in [0.1, 0.15) is 6.54 Å². The molecule has 2 amide bonds. The SMILES string of the molecule is NC(=O)CN(C(=O)c1ccccc1)C1CCc2cc(Cl)ccc21. The van der Waals surface area contributed by atoms with E-state index in [-0.39, 0.29) is 18.5 Å². The van der Waals surface area contributed by atoms with Gasteiger partial charge in [0.25, 0.3) is 5.91 Å². The smallest absolute Gasteiger partial charge is 0.254 e. The molecule has 3 rings (SSSR count). The van der Waals surface area contributed by atoms with Crippen LogP contribution >= 0.6 is 11.6 Å². The molecule has 2 aromatic carbocycles. The lowest BCUT2D eigenvalue weighted by Crippen LogP contribution is -2.40. The van der Waals surface area contributed by atoms with Crippen molar-refractivity contribution < 1.29 is 9.59 Å². The minimum absolute atomic E-state index is 0.0968. The zero-order valence-corrected chi connectivity index (χ0v) is 13.3. The number of nitrogens with zero attached hydrogens (tertiary/aromatic N) is 1. The summed E-state index contributed by atoms with van der Waals surface area (Å²) in [4.78, 5) is 25.9. The number of aryl methyl sites for hydroxylation is 1. The highest BCUT2D eigenvalue weighted by atomic mass is 35.5. The van der Waals surface area contributed by atoms with Gasteiger partial charge in [0.2, 0.25) is 5.91 Å². The minimum atomic E-state index is -0.517. The average Bonchev–Trinajstić information content (AvgIpc) is 2.95. The summed E-state index contributed by atoms with van der Waals surface area (Å²) in [7, 11) is 0. The first-order chi connectivity index (χ1) is 11.1. The van der Waals surface area contributed by atoms with E-state index >= 15 is 0 Å². The number of rotatable bonds is 4. The Morgan fingerprint density at radius 3 is 2.61 bits per heavy atom. The van der Waals surface area contributed by atoms with Gasteiger partial charge in [0.05, 0.1) is 6.04 Å². The Morgan fingerprint density at radius 2 is 1.91 bits per heavy atom. The van der Waals surface area contributed by atoms with Crippen LogP contribution in [0.1, 0.15) is 33.9 Å². The summed E-state index contributed by atoms with van der Waals surface area (Å²) in [5.74, 6) is -0.700. The fraction of sp³-hybridized carbons (Fsp3) is 0.222. The highest BCUT2D eigenvalue weighted by molar-refractivity contribution is 6.30. The topological polar surface area (TPSA) is 63.4 Å². The van der Waals surface area contributed by atoms with Gasteiger partial charge in [-0.2, -0.15) is 0 Å². The molecular weight excluding hydrogens is 312 g/mol. The normalized spacial score (nSPS) is 16.0. The van der Waals surface area contributed by atoms with Crippen molar-refractivity contribution in [2.75, 3.05) is 6.54 Å². The lowest BCUT2D eigenvalue weighted by molar-refractivity contribution is -0.119. The summed E-state index contributed by atoms with van der Waals surface area (Å²) in [6, 6.07) is 14.5. The summed E-state index contributed by atoms with van der Waals surface area (Å²) in [5, 5.41) is 0.681. The fourth-order valence-electron chi connectivity index (χ4n) is 3.13. The van der Waals surface area contributed by atoms with Crippen LogP contribution in [0.25, 0.3) is 0 Å². The van der Waals surface area contributed by atoms with Crippen molar-refractivity contribution in [2.24, 2.45) is 5.73 Å². The maximum Gasteiger partial charge on any atom is 0.254 e. The first-order valence-corrected chi connectivity index (χ1v) is 7.86. The number of hydrogen-bond donors (Lipinski definition) is 1. The first-order valence-electron chi connectivity index (χ1n) is 7.49. The van der Waals surface area contributed by atoms with Gasteiger partial charge in [0.15, 0.2) is 0 Å². The summed E-state index contributed by atoms with van der Waals surface area (Å²) < 4.78 is 0. The summed E-state index contributed by atoms with van der Waals surface area (Å²) >= 11 is 6.04. The third-order valence-corrected chi connectivity index (χ3v) is 4.37. The van der Waals surface area contributed by atoms with Gasteiger partial charge in [0, 0.05) is 10.6 Å². The third-order valence-electron chi connectivity index (χ3n) is 4.14. The van der Waals surface area contributed by atoms with Crippen molar-refractivity contribution in [3.63, 3.8) is 0 Å². The number of benzene rings is 2. The number of carbonyl (C=O) groups is 2. The Labute approximate surface area is 139 Å². The lowest BCUT2D eigenvalue weighted by atomic mass is 10.1. The lowest BCUT2D eigenvalue weighted by Gasteiger charge is -2.29. The second-order valence-electron chi connectivity index (χ2n) is 5.66. The molecule has 0 radical (unpaired) electrons. The molecule has 0 saturated carbocycles. The van der Waals surface area contributed by atoms with Crippen molar-refractivity contribution in [1.29, 1.82) is 0 Å². The number of fused-ring (bicyclic) bond motifs is 1. The van der Waals surface area contributed by atoms with Crippen molar-refractivity contribution in [3.8, 4) is 0 Å². The highest BCUT2D eigenvalue weighted by Gasteiger charge is 2.32. The van der Waals surface area contributed by atoms with Crippen LogP contribution in [0.2, 0.25) is 5.02 Å². The number of carbonyl (C=O) groups excluding carboxylic acids is 2. The van der Waals surface area contributed by atoms with Crippen LogP contribution in [0, 0.1) is 0 Å². The predicted octanol–water partition coefficient (Wildman–Crippen LogP) is 2.96. The molecule has 1 unspecified atom stereocenters. The molecule has 1 atom stereocenters. The van der Waals surface area contributed by atoms with Crippen LogP contribution in [0.15, 0.2) is 48.5 Å².